The number of hydrogen-bond acceptors (Lipinski definition) is 7. The zero-order valence-electron chi connectivity index (χ0n) is 53.5. The van der Waals surface area contributed by atoms with E-state index in [1.165, 1.54) is 154 Å². The molecule has 2 amide bonds. The minimum absolute atomic E-state index is 0.0522. The molecule has 2 atom stereocenters. The average Bonchev–Trinajstić information content (AvgIpc) is 3.43. The summed E-state index contributed by atoms with van der Waals surface area (Å²) in [5.74, 6) is 0.924. The number of unbranched alkanes of at least 4 members (excludes halogenated alkanes) is 32. The Morgan fingerprint density at radius 1 is 0.282 bits per heavy atom. The molecule has 9 heteroatoms. The van der Waals surface area contributed by atoms with Crippen molar-refractivity contribution in [2.75, 3.05) is 59.5 Å². The van der Waals surface area contributed by atoms with Crippen molar-refractivity contribution in [3.05, 3.63) is 0 Å². The van der Waals surface area contributed by atoms with Crippen LogP contribution in [0.1, 0.15) is 350 Å². The molecular weight excluding hydrogens is 967 g/mol. The molecule has 0 aliphatic carbocycles. The third-order valence-corrected chi connectivity index (χ3v) is 16.5. The Bertz CT molecular complexity index is 1220. The lowest BCUT2D eigenvalue weighted by Gasteiger charge is -2.23. The van der Waals surface area contributed by atoms with Crippen LogP contribution in [0.5, 0.6) is 0 Å². The third kappa shape index (κ3) is 48.5. The molecule has 0 radical (unpaired) electrons. The largest absolute Gasteiger partial charge is 0.465 e. The summed E-state index contributed by atoms with van der Waals surface area (Å²) in [7, 11) is 2.26. The maximum Gasteiger partial charge on any atom is 0.308 e. The van der Waals surface area contributed by atoms with Crippen molar-refractivity contribution in [2.45, 2.75) is 350 Å². The van der Waals surface area contributed by atoms with Crippen LogP contribution < -0.4 is 0 Å². The molecule has 0 aromatic rings. The second-order valence-electron chi connectivity index (χ2n) is 24.2. The second kappa shape index (κ2) is 59.5. The Morgan fingerprint density at radius 2 is 0.513 bits per heavy atom. The Labute approximate surface area is 486 Å². The molecule has 78 heavy (non-hydrogen) atoms. The predicted octanol–water partition coefficient (Wildman–Crippen LogP) is 19.7. The number of amides is 2. The van der Waals surface area contributed by atoms with Crippen molar-refractivity contribution in [3.8, 4) is 0 Å². The summed E-state index contributed by atoms with van der Waals surface area (Å²) in [6, 6.07) is 0. The first-order valence-electron chi connectivity index (χ1n) is 34.8. The molecule has 0 N–H and O–H groups in total. The Hall–Kier alpha value is -2.16. The van der Waals surface area contributed by atoms with Gasteiger partial charge in [-0.2, -0.15) is 0 Å². The van der Waals surface area contributed by atoms with Crippen LogP contribution in [-0.2, 0) is 28.7 Å². The van der Waals surface area contributed by atoms with E-state index in [1.54, 1.807) is 0 Å². The van der Waals surface area contributed by atoms with Gasteiger partial charge in [-0.25, -0.2) is 0 Å². The quantitative estimate of drug-likeness (QED) is 0.0442. The van der Waals surface area contributed by atoms with E-state index in [2.05, 4.69) is 63.3 Å². The number of hydrogen-bond donors (Lipinski definition) is 0. The van der Waals surface area contributed by atoms with E-state index in [0.717, 1.165) is 181 Å². The molecule has 0 aromatic carbocycles. The molecule has 2 unspecified atom stereocenters. The summed E-state index contributed by atoms with van der Waals surface area (Å²) >= 11 is 0. The molecule has 0 saturated heterocycles. The first-order valence-corrected chi connectivity index (χ1v) is 34.8. The van der Waals surface area contributed by atoms with Gasteiger partial charge in [0.15, 0.2) is 0 Å². The summed E-state index contributed by atoms with van der Waals surface area (Å²) in [5.41, 5.74) is 0. The van der Waals surface area contributed by atoms with Gasteiger partial charge in [0.1, 0.15) is 0 Å². The highest BCUT2D eigenvalue weighted by molar-refractivity contribution is 5.76. The van der Waals surface area contributed by atoms with Crippen LogP contribution >= 0.6 is 0 Å². The van der Waals surface area contributed by atoms with Crippen molar-refractivity contribution in [1.82, 2.24) is 14.7 Å². The molecule has 9 nitrogen and oxygen atoms in total. The van der Waals surface area contributed by atoms with Gasteiger partial charge >= 0.3 is 11.9 Å². The lowest BCUT2D eigenvalue weighted by molar-refractivity contribution is -0.150. The molecule has 0 aliphatic rings. The fourth-order valence-electron chi connectivity index (χ4n) is 11.2. The SMILES string of the molecule is CCCCCCCCC(CCCCCC)C(=O)OCCCCCCCCN(CCCCCCN(C)CCCCCCN(CCCCCCCCOC(=O)C(CCCCCC)CCCCCCCC)C(=O)CCC)C(=O)CCC. The predicted molar refractivity (Wildman–Crippen MR) is 335 cm³/mol. The fraction of sp³-hybridized carbons (Fsp3) is 0.942. The van der Waals surface area contributed by atoms with E-state index < -0.39 is 0 Å². The zero-order chi connectivity index (χ0) is 57.2. The molecule has 0 saturated carbocycles. The summed E-state index contributed by atoms with van der Waals surface area (Å²) < 4.78 is 11.6. The molecule has 0 rings (SSSR count). The standard InChI is InChI=1S/C69H135N3O6/c1-8-14-18-22-28-40-54-64(52-38-20-16-10-3)68(75)77-62-48-36-26-24-30-44-58-71(66(73)50-12-5)60-46-34-32-42-56-70(7)57-43-33-35-47-61-72(67(74)51-13-6)59-45-31-25-27-37-49-63-78-69(76)65(53-39-21-17-11-4)55-41-29-23-19-15-9-2/h64-65H,8-63H2,1-7H3. The first-order chi connectivity index (χ1) is 38.2. The van der Waals surface area contributed by atoms with Crippen LogP contribution in [0.2, 0.25) is 0 Å². The highest BCUT2D eigenvalue weighted by atomic mass is 16.5. The second-order valence-corrected chi connectivity index (χ2v) is 24.2. The van der Waals surface area contributed by atoms with Crippen LogP contribution in [0.15, 0.2) is 0 Å². The summed E-state index contributed by atoms with van der Waals surface area (Å²) in [4.78, 5) is 58.8. The van der Waals surface area contributed by atoms with Gasteiger partial charge in [0.05, 0.1) is 25.0 Å². The summed E-state index contributed by atoms with van der Waals surface area (Å²) in [6.45, 7) is 20.1. The van der Waals surface area contributed by atoms with Gasteiger partial charge < -0.3 is 24.2 Å². The zero-order valence-corrected chi connectivity index (χ0v) is 53.5. The lowest BCUT2D eigenvalue weighted by atomic mass is 9.94. The van der Waals surface area contributed by atoms with Crippen molar-refractivity contribution in [3.63, 3.8) is 0 Å². The maximum absolute atomic E-state index is 13.0. The van der Waals surface area contributed by atoms with Crippen LogP contribution in [0, 0.1) is 11.8 Å². The number of esters is 2. The number of carbonyl (C=O) groups is 4. The summed E-state index contributed by atoms with van der Waals surface area (Å²) in [6.07, 6.45) is 54.6. The smallest absolute Gasteiger partial charge is 0.308 e. The topological polar surface area (TPSA) is 96.5 Å². The van der Waals surface area contributed by atoms with Gasteiger partial charge in [0.2, 0.25) is 11.8 Å². The number of rotatable bonds is 62. The minimum atomic E-state index is 0.0522. The minimum Gasteiger partial charge on any atom is -0.465 e. The normalized spacial score (nSPS) is 12.3. The average molecular weight is 1100 g/mol. The molecule has 0 bridgehead atoms. The van der Waals surface area contributed by atoms with Crippen LogP contribution in [-0.4, -0.2) is 98.0 Å². The molecule has 0 fully saturated rings. The van der Waals surface area contributed by atoms with Gasteiger partial charge in [0.25, 0.3) is 0 Å². The highest BCUT2D eigenvalue weighted by Gasteiger charge is 2.21. The Morgan fingerprint density at radius 3 is 0.795 bits per heavy atom. The van der Waals surface area contributed by atoms with Crippen molar-refractivity contribution in [1.29, 1.82) is 0 Å². The molecule has 0 aliphatic heterocycles. The lowest BCUT2D eigenvalue weighted by Crippen LogP contribution is -2.32. The number of carbonyl (C=O) groups excluding carboxylic acids is 4. The molecule has 462 valence electrons. The van der Waals surface area contributed by atoms with Gasteiger partial charge in [0, 0.05) is 39.0 Å². The summed E-state index contributed by atoms with van der Waals surface area (Å²) in [5, 5.41) is 0. The van der Waals surface area contributed by atoms with Gasteiger partial charge in [-0.15, -0.1) is 0 Å². The molecular formula is C69H135N3O6. The Kier molecular flexibility index (Phi) is 57.8. The van der Waals surface area contributed by atoms with E-state index in [0.29, 0.717) is 37.9 Å². The molecule has 0 aromatic heterocycles. The fourth-order valence-corrected chi connectivity index (χ4v) is 11.2. The van der Waals surface area contributed by atoms with Crippen molar-refractivity contribution in [2.24, 2.45) is 11.8 Å². The van der Waals surface area contributed by atoms with E-state index in [1.807, 2.05) is 0 Å². The molecule has 0 heterocycles. The maximum atomic E-state index is 13.0. The molecule has 0 spiro atoms. The van der Waals surface area contributed by atoms with Gasteiger partial charge in [-0.3, -0.25) is 19.2 Å². The van der Waals surface area contributed by atoms with Crippen molar-refractivity contribution < 1.29 is 28.7 Å². The van der Waals surface area contributed by atoms with Crippen LogP contribution in [0.3, 0.4) is 0 Å². The number of ether oxygens (including phenoxy) is 2. The van der Waals surface area contributed by atoms with E-state index in [-0.39, 0.29) is 23.8 Å². The monoisotopic (exact) mass is 1100 g/mol. The number of nitrogens with zero attached hydrogens (tertiary/aromatic N) is 3. The van der Waals surface area contributed by atoms with Crippen molar-refractivity contribution >= 4 is 23.8 Å². The van der Waals surface area contributed by atoms with Gasteiger partial charge in [-0.1, -0.05) is 247 Å². The van der Waals surface area contributed by atoms with E-state index in [4.69, 9.17) is 9.47 Å². The van der Waals surface area contributed by atoms with E-state index in [9.17, 15) is 19.2 Å². The van der Waals surface area contributed by atoms with Crippen LogP contribution in [0.25, 0.3) is 0 Å². The third-order valence-electron chi connectivity index (χ3n) is 16.5. The highest BCUT2D eigenvalue weighted by Crippen LogP contribution is 2.23. The Balaban J connectivity index is 4.26. The first kappa shape index (κ1) is 75.8. The van der Waals surface area contributed by atoms with E-state index >= 15 is 0 Å². The van der Waals surface area contributed by atoms with Crippen LogP contribution in [0.4, 0.5) is 0 Å². The van der Waals surface area contributed by atoms with Gasteiger partial charge in [-0.05, 0) is 110 Å².